The third-order valence-electron chi connectivity index (χ3n) is 4.23. The first-order valence-electron chi connectivity index (χ1n) is 6.33. The van der Waals surface area contributed by atoms with Crippen LogP contribution >= 0.6 is 11.6 Å². The Labute approximate surface area is 110 Å². The van der Waals surface area contributed by atoms with Crippen LogP contribution in [0.15, 0.2) is 6.07 Å². The predicted octanol–water partition coefficient (Wildman–Crippen LogP) is 3.04. The molecule has 0 bridgehead atoms. The van der Waals surface area contributed by atoms with Crippen molar-refractivity contribution in [3.05, 3.63) is 27.8 Å². The lowest BCUT2D eigenvalue weighted by Crippen LogP contribution is -2.20. The summed E-state index contributed by atoms with van der Waals surface area (Å²) in [4.78, 5) is 11.4. The number of aryl methyl sites for hydroxylation is 1. The second-order valence-electron chi connectivity index (χ2n) is 5.32. The van der Waals surface area contributed by atoms with Crippen LogP contribution in [0.3, 0.4) is 0 Å². The number of aromatic hydroxyl groups is 1. The van der Waals surface area contributed by atoms with Gasteiger partial charge < -0.3 is 10.2 Å². The second-order valence-corrected chi connectivity index (χ2v) is 5.70. The van der Waals surface area contributed by atoms with Crippen LogP contribution in [0.1, 0.15) is 42.4 Å². The number of halogens is 1. The van der Waals surface area contributed by atoms with Crippen LogP contribution in [0.2, 0.25) is 5.02 Å². The average molecular weight is 267 g/mol. The minimum absolute atomic E-state index is 0.0165. The SMILES string of the molecule is O=C(O)C1(c2cc3c(c(Cl)c2O)CCCC3)CC1. The second kappa shape index (κ2) is 3.89. The Kier molecular flexibility index (Phi) is 2.56. The molecule has 0 aliphatic heterocycles. The van der Waals surface area contributed by atoms with Crippen molar-refractivity contribution in [2.45, 2.75) is 43.9 Å². The molecular formula is C14H15ClO3. The maximum Gasteiger partial charge on any atom is 0.314 e. The largest absolute Gasteiger partial charge is 0.506 e. The van der Waals surface area contributed by atoms with E-state index >= 15 is 0 Å². The van der Waals surface area contributed by atoms with Crippen molar-refractivity contribution in [3.63, 3.8) is 0 Å². The molecule has 0 unspecified atom stereocenters. The molecule has 3 nitrogen and oxygen atoms in total. The van der Waals surface area contributed by atoms with Crippen molar-refractivity contribution in [2.75, 3.05) is 0 Å². The fourth-order valence-corrected chi connectivity index (χ4v) is 3.25. The zero-order valence-electron chi connectivity index (χ0n) is 10.0. The molecule has 0 aromatic heterocycles. The molecule has 2 aliphatic carbocycles. The summed E-state index contributed by atoms with van der Waals surface area (Å²) >= 11 is 6.21. The van der Waals surface area contributed by atoms with Gasteiger partial charge in [0.05, 0.1) is 10.4 Å². The number of hydrogen-bond acceptors (Lipinski definition) is 2. The van der Waals surface area contributed by atoms with Gasteiger partial charge in [-0.2, -0.15) is 0 Å². The quantitative estimate of drug-likeness (QED) is 0.865. The monoisotopic (exact) mass is 266 g/mol. The van der Waals surface area contributed by atoms with Gasteiger partial charge >= 0.3 is 5.97 Å². The molecule has 4 heteroatoms. The van der Waals surface area contributed by atoms with E-state index < -0.39 is 11.4 Å². The number of carboxylic acids is 1. The van der Waals surface area contributed by atoms with E-state index in [9.17, 15) is 15.0 Å². The summed E-state index contributed by atoms with van der Waals surface area (Å²) in [6, 6.07) is 1.87. The van der Waals surface area contributed by atoms with Crippen molar-refractivity contribution in [2.24, 2.45) is 0 Å². The zero-order chi connectivity index (χ0) is 12.9. The number of phenols is 1. The first kappa shape index (κ1) is 11.8. The first-order valence-corrected chi connectivity index (χ1v) is 6.71. The lowest BCUT2D eigenvalue weighted by molar-refractivity contribution is -0.140. The fraction of sp³-hybridized carbons (Fsp3) is 0.500. The van der Waals surface area contributed by atoms with E-state index in [-0.39, 0.29) is 5.75 Å². The lowest BCUT2D eigenvalue weighted by atomic mass is 9.85. The Morgan fingerprint density at radius 1 is 1.28 bits per heavy atom. The van der Waals surface area contributed by atoms with Crippen LogP contribution in [-0.4, -0.2) is 16.2 Å². The molecule has 2 aliphatic rings. The van der Waals surface area contributed by atoms with E-state index in [0.717, 1.165) is 36.8 Å². The van der Waals surface area contributed by atoms with Crippen LogP contribution in [0.4, 0.5) is 0 Å². The summed E-state index contributed by atoms with van der Waals surface area (Å²) in [5.74, 6) is -0.873. The molecule has 0 amide bonds. The maximum atomic E-state index is 11.4. The average Bonchev–Trinajstić information content (AvgIpc) is 3.15. The van der Waals surface area contributed by atoms with Crippen molar-refractivity contribution in [1.82, 2.24) is 0 Å². The van der Waals surface area contributed by atoms with Gasteiger partial charge in [-0.05, 0) is 49.7 Å². The Hall–Kier alpha value is -1.22. The number of carbonyl (C=O) groups is 1. The van der Waals surface area contributed by atoms with Gasteiger partial charge in [0.2, 0.25) is 0 Å². The molecule has 0 atom stereocenters. The Morgan fingerprint density at radius 3 is 2.56 bits per heavy atom. The highest BCUT2D eigenvalue weighted by Gasteiger charge is 2.53. The van der Waals surface area contributed by atoms with Gasteiger partial charge in [0.25, 0.3) is 0 Å². The third kappa shape index (κ3) is 1.53. The minimum atomic E-state index is -0.889. The Balaban J connectivity index is 2.17. The summed E-state index contributed by atoms with van der Waals surface area (Å²) in [6.07, 6.45) is 5.17. The third-order valence-corrected chi connectivity index (χ3v) is 4.64. The zero-order valence-corrected chi connectivity index (χ0v) is 10.8. The van der Waals surface area contributed by atoms with Crippen LogP contribution < -0.4 is 0 Å². The number of hydrogen-bond donors (Lipinski definition) is 2. The lowest BCUT2D eigenvalue weighted by Gasteiger charge is -2.22. The van der Waals surface area contributed by atoms with Crippen molar-refractivity contribution < 1.29 is 15.0 Å². The van der Waals surface area contributed by atoms with E-state index in [1.807, 2.05) is 6.07 Å². The fourth-order valence-electron chi connectivity index (χ4n) is 2.93. The molecular weight excluding hydrogens is 252 g/mol. The van der Waals surface area contributed by atoms with E-state index in [1.165, 1.54) is 0 Å². The molecule has 0 spiro atoms. The summed E-state index contributed by atoms with van der Waals surface area (Å²) in [6.45, 7) is 0. The normalized spacial score (nSPS) is 20.3. The van der Waals surface area contributed by atoms with Crippen LogP contribution in [0.25, 0.3) is 0 Å². The van der Waals surface area contributed by atoms with Crippen LogP contribution in [0, 0.1) is 0 Å². The Morgan fingerprint density at radius 2 is 1.94 bits per heavy atom. The smallest absolute Gasteiger partial charge is 0.314 e. The van der Waals surface area contributed by atoms with E-state index in [1.54, 1.807) is 0 Å². The van der Waals surface area contributed by atoms with Gasteiger partial charge in [0, 0.05) is 5.56 Å². The summed E-state index contributed by atoms with van der Waals surface area (Å²) in [5, 5.41) is 19.9. The summed E-state index contributed by atoms with van der Waals surface area (Å²) in [5.41, 5.74) is 1.75. The molecule has 18 heavy (non-hydrogen) atoms. The molecule has 1 aromatic carbocycles. The number of rotatable bonds is 2. The molecule has 0 radical (unpaired) electrons. The number of benzene rings is 1. The van der Waals surface area contributed by atoms with E-state index in [4.69, 9.17) is 11.6 Å². The topological polar surface area (TPSA) is 57.5 Å². The van der Waals surface area contributed by atoms with Crippen molar-refractivity contribution in [3.8, 4) is 5.75 Å². The highest BCUT2D eigenvalue weighted by atomic mass is 35.5. The van der Waals surface area contributed by atoms with E-state index in [2.05, 4.69) is 0 Å². The van der Waals surface area contributed by atoms with Gasteiger partial charge in [-0.3, -0.25) is 4.79 Å². The molecule has 1 aromatic rings. The van der Waals surface area contributed by atoms with Gasteiger partial charge in [-0.15, -0.1) is 0 Å². The van der Waals surface area contributed by atoms with Gasteiger partial charge in [-0.25, -0.2) is 0 Å². The predicted molar refractivity (Wildman–Crippen MR) is 68.3 cm³/mol. The Bertz CT molecular complexity index is 532. The van der Waals surface area contributed by atoms with Crippen LogP contribution in [-0.2, 0) is 23.1 Å². The minimum Gasteiger partial charge on any atom is -0.506 e. The number of aliphatic carboxylic acids is 1. The molecule has 3 rings (SSSR count). The van der Waals surface area contributed by atoms with Crippen molar-refractivity contribution in [1.29, 1.82) is 0 Å². The maximum absolute atomic E-state index is 11.4. The molecule has 0 heterocycles. The number of phenolic OH excluding ortho intramolecular Hbond substituents is 1. The van der Waals surface area contributed by atoms with Gasteiger partial charge in [0.15, 0.2) is 0 Å². The molecule has 96 valence electrons. The molecule has 1 fully saturated rings. The first-order chi connectivity index (χ1) is 8.56. The standard InChI is InChI=1S/C14H15ClO3/c15-11-9-4-2-1-3-8(9)7-10(12(11)16)14(5-6-14)13(17)18/h7,16H,1-6H2,(H,17,18). The van der Waals surface area contributed by atoms with Crippen LogP contribution in [0.5, 0.6) is 5.75 Å². The highest BCUT2D eigenvalue weighted by molar-refractivity contribution is 6.33. The molecule has 0 saturated heterocycles. The summed E-state index contributed by atoms with van der Waals surface area (Å²) in [7, 11) is 0. The van der Waals surface area contributed by atoms with Gasteiger partial charge in [0.1, 0.15) is 5.75 Å². The van der Waals surface area contributed by atoms with E-state index in [0.29, 0.717) is 23.4 Å². The number of carboxylic acid groups (broad SMARTS) is 1. The van der Waals surface area contributed by atoms with Gasteiger partial charge in [-0.1, -0.05) is 17.7 Å². The summed E-state index contributed by atoms with van der Waals surface area (Å²) < 4.78 is 0. The molecule has 2 N–H and O–H groups in total. The van der Waals surface area contributed by atoms with Crippen molar-refractivity contribution >= 4 is 17.6 Å². The highest BCUT2D eigenvalue weighted by Crippen LogP contribution is 2.54. The number of fused-ring (bicyclic) bond motifs is 1. The molecule has 1 saturated carbocycles.